The average molecular weight is 246 g/mol. The van der Waals surface area contributed by atoms with Crippen molar-refractivity contribution in [3.63, 3.8) is 0 Å². The van der Waals surface area contributed by atoms with Gasteiger partial charge >= 0.3 is 5.97 Å². The third-order valence-corrected chi connectivity index (χ3v) is 4.58. The van der Waals surface area contributed by atoms with Gasteiger partial charge in [-0.1, -0.05) is 13.3 Å². The van der Waals surface area contributed by atoms with E-state index in [9.17, 15) is 4.79 Å². The molecule has 0 unspecified atom stereocenters. The summed E-state index contributed by atoms with van der Waals surface area (Å²) < 4.78 is 5.08. The Kier molecular flexibility index (Phi) is 6.25. The van der Waals surface area contributed by atoms with E-state index < -0.39 is 0 Å². The molecule has 0 atom stereocenters. The molecule has 1 aliphatic rings. The Bertz CT molecular complexity index is 249. The Morgan fingerprint density at radius 1 is 1.33 bits per heavy atom. The molecule has 86 valence electrons. The van der Waals surface area contributed by atoms with Crippen LogP contribution in [0.15, 0.2) is 9.81 Å². The highest BCUT2D eigenvalue weighted by molar-refractivity contribution is 8.07. The molecule has 0 N–H and O–H groups in total. The number of ether oxygens (including phenoxy) is 1. The van der Waals surface area contributed by atoms with E-state index in [4.69, 9.17) is 4.74 Å². The lowest BCUT2D eigenvalue weighted by Crippen LogP contribution is -2.07. The van der Waals surface area contributed by atoms with Gasteiger partial charge in [-0.05, 0) is 31.3 Å². The molecule has 0 bridgehead atoms. The Balaban J connectivity index is 2.77. The van der Waals surface area contributed by atoms with Crippen molar-refractivity contribution < 1.29 is 9.53 Å². The van der Waals surface area contributed by atoms with Crippen LogP contribution in [-0.2, 0) is 9.53 Å². The molecule has 0 saturated carbocycles. The van der Waals surface area contributed by atoms with Crippen molar-refractivity contribution in [3.8, 4) is 0 Å². The van der Waals surface area contributed by atoms with Crippen LogP contribution in [0.5, 0.6) is 0 Å². The molecule has 4 heteroatoms. The number of thioether (sulfide) groups is 2. The second kappa shape index (κ2) is 7.23. The number of esters is 1. The fourth-order valence-electron chi connectivity index (χ4n) is 1.36. The second-order valence-corrected chi connectivity index (χ2v) is 5.57. The smallest absolute Gasteiger partial charge is 0.345 e. The van der Waals surface area contributed by atoms with Crippen LogP contribution in [0.25, 0.3) is 0 Å². The maximum atomic E-state index is 11.7. The molecule has 0 saturated heterocycles. The van der Waals surface area contributed by atoms with Crippen molar-refractivity contribution >= 4 is 29.5 Å². The minimum absolute atomic E-state index is 0.125. The first-order valence-corrected chi connectivity index (χ1v) is 7.42. The van der Waals surface area contributed by atoms with Crippen LogP contribution in [-0.4, -0.2) is 24.1 Å². The van der Waals surface area contributed by atoms with Gasteiger partial charge in [0.1, 0.15) is 4.91 Å². The van der Waals surface area contributed by atoms with E-state index in [1.54, 1.807) is 11.8 Å². The van der Waals surface area contributed by atoms with E-state index in [0.29, 0.717) is 6.61 Å². The van der Waals surface area contributed by atoms with Crippen LogP contribution < -0.4 is 0 Å². The van der Waals surface area contributed by atoms with Gasteiger partial charge in [-0.25, -0.2) is 4.79 Å². The van der Waals surface area contributed by atoms with Crippen LogP contribution in [0.4, 0.5) is 0 Å². The number of carbonyl (C=O) groups is 1. The molecule has 0 spiro atoms. The molecule has 0 fully saturated rings. The fraction of sp³-hybridized carbons (Fsp3) is 0.727. The zero-order valence-electron chi connectivity index (χ0n) is 9.38. The predicted octanol–water partition coefficient (Wildman–Crippen LogP) is 3.43. The molecule has 0 amide bonds. The number of carbonyl (C=O) groups excluding carboxylic acids is 1. The third kappa shape index (κ3) is 4.11. The van der Waals surface area contributed by atoms with Crippen LogP contribution in [0.2, 0.25) is 0 Å². The lowest BCUT2D eigenvalue weighted by atomic mass is 10.3. The highest BCUT2D eigenvalue weighted by atomic mass is 32.2. The van der Waals surface area contributed by atoms with E-state index >= 15 is 0 Å². The van der Waals surface area contributed by atoms with Gasteiger partial charge in [-0.15, -0.1) is 23.5 Å². The Morgan fingerprint density at radius 2 is 2.07 bits per heavy atom. The predicted molar refractivity (Wildman–Crippen MR) is 68.1 cm³/mol. The first kappa shape index (κ1) is 13.0. The fourth-order valence-corrected chi connectivity index (χ4v) is 3.92. The van der Waals surface area contributed by atoms with Crippen molar-refractivity contribution in [2.75, 3.05) is 18.1 Å². The number of hydrogen-bond acceptors (Lipinski definition) is 4. The lowest BCUT2D eigenvalue weighted by Gasteiger charge is -2.09. The van der Waals surface area contributed by atoms with Gasteiger partial charge < -0.3 is 4.74 Å². The maximum Gasteiger partial charge on any atom is 0.345 e. The lowest BCUT2D eigenvalue weighted by molar-refractivity contribution is -0.137. The molecular weight excluding hydrogens is 228 g/mol. The number of allylic oxidation sites excluding steroid dienone is 1. The topological polar surface area (TPSA) is 26.3 Å². The van der Waals surface area contributed by atoms with Crippen molar-refractivity contribution in [2.45, 2.75) is 33.1 Å². The summed E-state index contributed by atoms with van der Waals surface area (Å²) in [4.78, 5) is 13.8. The van der Waals surface area contributed by atoms with Crippen molar-refractivity contribution in [2.24, 2.45) is 0 Å². The summed E-state index contributed by atoms with van der Waals surface area (Å²) in [6.07, 6.45) is 3.27. The zero-order valence-corrected chi connectivity index (χ0v) is 11.0. The second-order valence-electron chi connectivity index (χ2n) is 3.27. The van der Waals surface area contributed by atoms with Gasteiger partial charge in [0.15, 0.2) is 0 Å². The molecule has 0 aromatic heterocycles. The molecular formula is C11H18O2S2. The summed E-state index contributed by atoms with van der Waals surface area (Å²) >= 11 is 3.49. The summed E-state index contributed by atoms with van der Waals surface area (Å²) in [5, 5.41) is 0. The van der Waals surface area contributed by atoms with Crippen LogP contribution in [0.1, 0.15) is 33.1 Å². The highest BCUT2D eigenvalue weighted by Gasteiger charge is 2.19. The highest BCUT2D eigenvalue weighted by Crippen LogP contribution is 2.36. The van der Waals surface area contributed by atoms with Crippen molar-refractivity contribution in [1.29, 1.82) is 0 Å². The molecule has 1 rings (SSSR count). The monoisotopic (exact) mass is 246 g/mol. The van der Waals surface area contributed by atoms with Gasteiger partial charge in [-0.3, -0.25) is 0 Å². The molecule has 0 aromatic rings. The Morgan fingerprint density at radius 3 is 2.73 bits per heavy atom. The molecule has 0 aliphatic carbocycles. The molecule has 1 aliphatic heterocycles. The molecule has 0 radical (unpaired) electrons. The van der Waals surface area contributed by atoms with E-state index in [-0.39, 0.29) is 5.97 Å². The van der Waals surface area contributed by atoms with E-state index in [1.165, 1.54) is 11.3 Å². The first-order valence-electron chi connectivity index (χ1n) is 5.45. The quantitative estimate of drug-likeness (QED) is 0.710. The van der Waals surface area contributed by atoms with Crippen LogP contribution >= 0.6 is 23.5 Å². The van der Waals surface area contributed by atoms with Gasteiger partial charge in [0.25, 0.3) is 0 Å². The maximum absolute atomic E-state index is 11.7. The molecule has 0 aromatic carbocycles. The summed E-state index contributed by atoms with van der Waals surface area (Å²) in [6, 6.07) is 0. The number of rotatable bonds is 4. The Hall–Kier alpha value is -0.0900. The first-order chi connectivity index (χ1) is 7.29. The van der Waals surface area contributed by atoms with E-state index in [0.717, 1.165) is 29.3 Å². The third-order valence-electron chi connectivity index (χ3n) is 2.00. The van der Waals surface area contributed by atoms with Gasteiger partial charge in [-0.2, -0.15) is 0 Å². The minimum atomic E-state index is -0.125. The van der Waals surface area contributed by atoms with E-state index in [2.05, 4.69) is 6.92 Å². The van der Waals surface area contributed by atoms with Gasteiger partial charge in [0, 0.05) is 4.91 Å². The van der Waals surface area contributed by atoms with Crippen molar-refractivity contribution in [1.82, 2.24) is 0 Å². The molecule has 15 heavy (non-hydrogen) atoms. The zero-order chi connectivity index (χ0) is 11.1. The van der Waals surface area contributed by atoms with Crippen molar-refractivity contribution in [3.05, 3.63) is 9.81 Å². The SMILES string of the molecule is CCCC1=C(C(=O)OCC)SCCCS1. The van der Waals surface area contributed by atoms with Gasteiger partial charge in [0.2, 0.25) is 0 Å². The summed E-state index contributed by atoms with van der Waals surface area (Å²) in [5.74, 6) is 2.04. The van der Waals surface area contributed by atoms with Crippen LogP contribution in [0.3, 0.4) is 0 Å². The standard InChI is InChI=1S/C11H18O2S2/c1-3-6-9-10(11(12)13-4-2)15-8-5-7-14-9/h3-8H2,1-2H3. The van der Waals surface area contributed by atoms with E-state index in [1.807, 2.05) is 18.7 Å². The van der Waals surface area contributed by atoms with Gasteiger partial charge in [0.05, 0.1) is 6.61 Å². The summed E-state index contributed by atoms with van der Waals surface area (Å²) in [7, 11) is 0. The number of hydrogen-bond donors (Lipinski definition) is 0. The Labute approximate surface area is 100 Å². The minimum Gasteiger partial charge on any atom is -0.462 e. The largest absolute Gasteiger partial charge is 0.462 e. The normalized spacial score (nSPS) is 17.5. The molecule has 2 nitrogen and oxygen atoms in total. The summed E-state index contributed by atoms with van der Waals surface area (Å²) in [5.41, 5.74) is 0. The molecule has 1 heterocycles. The summed E-state index contributed by atoms with van der Waals surface area (Å²) in [6.45, 7) is 4.46. The van der Waals surface area contributed by atoms with Crippen LogP contribution in [0, 0.1) is 0 Å². The average Bonchev–Trinajstić information content (AvgIpc) is 2.44.